The van der Waals surface area contributed by atoms with Crippen LogP contribution in [0.3, 0.4) is 0 Å². The molecule has 1 N–H and O–H groups in total. The number of nitrogens with one attached hydrogen (secondary N) is 1. The predicted octanol–water partition coefficient (Wildman–Crippen LogP) is 3.59. The maximum atomic E-state index is 12.0. The van der Waals surface area contributed by atoms with Crippen molar-refractivity contribution in [1.82, 2.24) is 15.5 Å². The van der Waals surface area contributed by atoms with Crippen LogP contribution < -0.4 is 5.32 Å². The molecule has 1 aromatic carbocycles. The molecule has 8 heteroatoms. The normalized spacial score (nSPS) is 14.8. The maximum Gasteiger partial charge on any atom is 0.270 e. The maximum absolute atomic E-state index is 12.0. The van der Waals surface area contributed by atoms with E-state index < -0.39 is 4.92 Å². The number of carbonyl (C=O) groups is 1. The molecule has 0 radical (unpaired) electrons. The van der Waals surface area contributed by atoms with Crippen LogP contribution in [0, 0.1) is 10.1 Å². The van der Waals surface area contributed by atoms with E-state index in [0.29, 0.717) is 28.1 Å². The van der Waals surface area contributed by atoms with Gasteiger partial charge in [-0.25, -0.2) is 0 Å². The molecule has 0 saturated heterocycles. The van der Waals surface area contributed by atoms with Gasteiger partial charge < -0.3 is 5.32 Å². The van der Waals surface area contributed by atoms with Gasteiger partial charge in [0.2, 0.25) is 5.91 Å². The molecule has 26 heavy (non-hydrogen) atoms. The van der Waals surface area contributed by atoms with Crippen LogP contribution in [-0.4, -0.2) is 32.8 Å². The summed E-state index contributed by atoms with van der Waals surface area (Å²) in [4.78, 5) is 22.5. The summed E-state index contributed by atoms with van der Waals surface area (Å²) in [5.41, 5.74) is 1.21. The highest BCUT2D eigenvalue weighted by Gasteiger charge is 2.16. The molecule has 0 spiro atoms. The third-order valence-electron chi connectivity index (χ3n) is 4.31. The predicted molar refractivity (Wildman–Crippen MR) is 99.9 cm³/mol. The molecule has 3 rings (SSSR count). The summed E-state index contributed by atoms with van der Waals surface area (Å²) in [6, 6.07) is 10.1. The first-order chi connectivity index (χ1) is 12.6. The molecule has 1 saturated carbocycles. The molecule has 1 fully saturated rings. The van der Waals surface area contributed by atoms with Gasteiger partial charge in [-0.3, -0.25) is 14.9 Å². The first kappa shape index (κ1) is 18.3. The van der Waals surface area contributed by atoms with Gasteiger partial charge in [0.25, 0.3) is 5.69 Å². The molecule has 0 unspecified atom stereocenters. The van der Waals surface area contributed by atoms with Gasteiger partial charge >= 0.3 is 0 Å². The van der Waals surface area contributed by atoms with Gasteiger partial charge in [0.15, 0.2) is 0 Å². The zero-order valence-electron chi connectivity index (χ0n) is 14.3. The SMILES string of the molecule is O=C(CSc1ccc(-c2cccc([N+](=O)[O-])c2)nn1)NC1CCCCC1. The van der Waals surface area contributed by atoms with E-state index in [1.54, 1.807) is 24.3 Å². The number of nitro benzene ring substituents is 1. The van der Waals surface area contributed by atoms with Crippen LogP contribution in [0.15, 0.2) is 41.4 Å². The van der Waals surface area contributed by atoms with Crippen molar-refractivity contribution in [1.29, 1.82) is 0 Å². The molecule has 136 valence electrons. The molecule has 1 aliphatic carbocycles. The summed E-state index contributed by atoms with van der Waals surface area (Å²) in [5, 5.41) is 22.8. The third kappa shape index (κ3) is 5.01. The van der Waals surface area contributed by atoms with E-state index in [2.05, 4.69) is 15.5 Å². The summed E-state index contributed by atoms with van der Waals surface area (Å²) >= 11 is 1.34. The number of amides is 1. The lowest BCUT2D eigenvalue weighted by Gasteiger charge is -2.22. The Morgan fingerprint density at radius 3 is 2.69 bits per heavy atom. The van der Waals surface area contributed by atoms with Crippen molar-refractivity contribution in [2.45, 2.75) is 43.2 Å². The van der Waals surface area contributed by atoms with E-state index in [4.69, 9.17) is 0 Å². The zero-order valence-corrected chi connectivity index (χ0v) is 15.1. The van der Waals surface area contributed by atoms with E-state index in [9.17, 15) is 14.9 Å². The lowest BCUT2D eigenvalue weighted by molar-refractivity contribution is -0.384. The molecular formula is C18H20N4O3S. The summed E-state index contributed by atoms with van der Waals surface area (Å²) in [5.74, 6) is 0.327. The molecule has 0 aliphatic heterocycles. The number of aromatic nitrogens is 2. The zero-order chi connectivity index (χ0) is 18.4. The van der Waals surface area contributed by atoms with Crippen molar-refractivity contribution in [2.75, 3.05) is 5.75 Å². The van der Waals surface area contributed by atoms with Crippen molar-refractivity contribution in [2.24, 2.45) is 0 Å². The Morgan fingerprint density at radius 1 is 1.19 bits per heavy atom. The quantitative estimate of drug-likeness (QED) is 0.473. The number of hydrogen-bond donors (Lipinski definition) is 1. The molecule has 0 bridgehead atoms. The number of thioether (sulfide) groups is 1. The Labute approximate surface area is 155 Å². The van der Waals surface area contributed by atoms with E-state index in [1.165, 1.54) is 43.2 Å². The molecular weight excluding hydrogens is 352 g/mol. The van der Waals surface area contributed by atoms with Gasteiger partial charge in [0.1, 0.15) is 5.03 Å². The Morgan fingerprint density at radius 2 is 2.00 bits per heavy atom. The van der Waals surface area contributed by atoms with Crippen LogP contribution in [0.2, 0.25) is 0 Å². The number of nitrogens with zero attached hydrogens (tertiary/aromatic N) is 3. The van der Waals surface area contributed by atoms with Crippen molar-refractivity contribution >= 4 is 23.4 Å². The van der Waals surface area contributed by atoms with Gasteiger partial charge in [-0.2, -0.15) is 0 Å². The smallest absolute Gasteiger partial charge is 0.270 e. The van der Waals surface area contributed by atoms with E-state index in [0.717, 1.165) is 12.8 Å². The van der Waals surface area contributed by atoms with Crippen LogP contribution in [-0.2, 0) is 4.79 Å². The molecule has 1 amide bonds. The Bertz CT molecular complexity index is 776. The topological polar surface area (TPSA) is 98.0 Å². The van der Waals surface area contributed by atoms with Gasteiger partial charge in [-0.05, 0) is 25.0 Å². The fourth-order valence-electron chi connectivity index (χ4n) is 2.99. The molecule has 1 aliphatic rings. The van der Waals surface area contributed by atoms with E-state index >= 15 is 0 Å². The van der Waals surface area contributed by atoms with Crippen LogP contribution in [0.25, 0.3) is 11.3 Å². The number of hydrogen-bond acceptors (Lipinski definition) is 6. The first-order valence-corrected chi connectivity index (χ1v) is 9.61. The van der Waals surface area contributed by atoms with Crippen LogP contribution >= 0.6 is 11.8 Å². The Balaban J connectivity index is 1.55. The molecule has 1 heterocycles. The van der Waals surface area contributed by atoms with Gasteiger partial charge in [0, 0.05) is 23.7 Å². The number of non-ortho nitro benzene ring substituents is 1. The van der Waals surface area contributed by atoms with Crippen molar-refractivity contribution < 1.29 is 9.72 Å². The molecule has 1 aromatic heterocycles. The minimum absolute atomic E-state index is 0.0159. The highest BCUT2D eigenvalue weighted by atomic mass is 32.2. The standard InChI is InChI=1S/C18H20N4O3S/c23-17(19-14-6-2-1-3-7-14)12-26-18-10-9-16(20-21-18)13-5-4-8-15(11-13)22(24)25/h4-5,8-11,14H,1-3,6-7,12H2,(H,19,23). The number of nitro groups is 1. The Hall–Kier alpha value is -2.48. The van der Waals surface area contributed by atoms with Crippen molar-refractivity contribution in [3.05, 3.63) is 46.5 Å². The fourth-order valence-corrected chi connectivity index (χ4v) is 3.61. The second-order valence-corrected chi connectivity index (χ2v) is 7.25. The Kier molecular flexibility index (Phi) is 6.17. The minimum Gasteiger partial charge on any atom is -0.353 e. The van der Waals surface area contributed by atoms with Crippen LogP contribution in [0.4, 0.5) is 5.69 Å². The molecule has 2 aromatic rings. The third-order valence-corrected chi connectivity index (χ3v) is 5.23. The van der Waals surface area contributed by atoms with E-state index in [-0.39, 0.29) is 11.6 Å². The summed E-state index contributed by atoms with van der Waals surface area (Å²) in [6.45, 7) is 0. The van der Waals surface area contributed by atoms with E-state index in [1.807, 2.05) is 0 Å². The fraction of sp³-hybridized carbons (Fsp3) is 0.389. The van der Waals surface area contributed by atoms with Gasteiger partial charge in [0.05, 0.1) is 16.4 Å². The first-order valence-electron chi connectivity index (χ1n) is 8.62. The van der Waals surface area contributed by atoms with Crippen molar-refractivity contribution in [3.8, 4) is 11.3 Å². The van der Waals surface area contributed by atoms with Crippen LogP contribution in [0.1, 0.15) is 32.1 Å². The number of carbonyl (C=O) groups excluding carboxylic acids is 1. The lowest BCUT2D eigenvalue weighted by atomic mass is 9.95. The largest absolute Gasteiger partial charge is 0.353 e. The van der Waals surface area contributed by atoms with Crippen LogP contribution in [0.5, 0.6) is 0 Å². The monoisotopic (exact) mass is 372 g/mol. The number of rotatable bonds is 6. The summed E-state index contributed by atoms with van der Waals surface area (Å²) in [7, 11) is 0. The number of benzene rings is 1. The average molecular weight is 372 g/mol. The highest BCUT2D eigenvalue weighted by molar-refractivity contribution is 7.99. The molecule has 0 atom stereocenters. The highest BCUT2D eigenvalue weighted by Crippen LogP contribution is 2.23. The summed E-state index contributed by atoms with van der Waals surface area (Å²) in [6.07, 6.45) is 5.75. The van der Waals surface area contributed by atoms with Crippen molar-refractivity contribution in [3.63, 3.8) is 0 Å². The average Bonchev–Trinajstić information content (AvgIpc) is 2.68. The summed E-state index contributed by atoms with van der Waals surface area (Å²) < 4.78 is 0. The van der Waals surface area contributed by atoms with Gasteiger partial charge in [-0.1, -0.05) is 43.2 Å². The second kappa shape index (κ2) is 8.75. The lowest BCUT2D eigenvalue weighted by Crippen LogP contribution is -2.37. The molecule has 7 nitrogen and oxygen atoms in total. The second-order valence-electron chi connectivity index (χ2n) is 6.26. The minimum atomic E-state index is -0.438. The van der Waals surface area contributed by atoms with Gasteiger partial charge in [-0.15, -0.1) is 10.2 Å².